The molecule has 0 saturated carbocycles. The third kappa shape index (κ3) is 4.65. The van der Waals surface area contributed by atoms with Crippen molar-refractivity contribution >= 4 is 33.9 Å². The van der Waals surface area contributed by atoms with E-state index in [4.69, 9.17) is 21.7 Å². The van der Waals surface area contributed by atoms with Gasteiger partial charge in [0.05, 0.1) is 31.7 Å². The fourth-order valence-electron chi connectivity index (χ4n) is 3.02. The summed E-state index contributed by atoms with van der Waals surface area (Å²) in [5, 5.41) is 4.24. The number of fused-ring (bicyclic) bond motifs is 1. The monoisotopic (exact) mass is 412 g/mol. The summed E-state index contributed by atoms with van der Waals surface area (Å²) < 4.78 is 10.6. The van der Waals surface area contributed by atoms with Gasteiger partial charge in [0.2, 0.25) is 0 Å². The molecule has 2 N–H and O–H groups in total. The van der Waals surface area contributed by atoms with Gasteiger partial charge in [0.15, 0.2) is 16.6 Å². The van der Waals surface area contributed by atoms with E-state index < -0.39 is 0 Å². The molecule has 8 heteroatoms. The third-order valence-corrected chi connectivity index (χ3v) is 4.90. The molecule has 3 rings (SSSR count). The summed E-state index contributed by atoms with van der Waals surface area (Å²) in [6, 6.07) is 11.3. The largest absolute Gasteiger partial charge is 0.493 e. The van der Waals surface area contributed by atoms with Crippen molar-refractivity contribution in [2.75, 3.05) is 26.1 Å². The number of hydrogen-bond acceptors (Lipinski definition) is 5. The number of aryl methyl sites for hydroxylation is 1. The van der Waals surface area contributed by atoms with Crippen molar-refractivity contribution in [3.8, 4) is 11.5 Å². The highest BCUT2D eigenvalue weighted by Gasteiger charge is 2.14. The standard InChI is InChI=1S/C21H24N4O3S/c1-5-25(21(29)22-14-8-6-7-13(2)9-14)12-19-23-16-11-18(28-4)17(27-3)10-15(16)20(26)24-19/h6-11H,5,12H2,1-4H3,(H,22,29)(H,23,24,26). The number of aromatic amines is 1. The highest BCUT2D eigenvalue weighted by Crippen LogP contribution is 2.29. The Morgan fingerprint density at radius 3 is 2.59 bits per heavy atom. The van der Waals surface area contributed by atoms with E-state index >= 15 is 0 Å². The fraction of sp³-hybridized carbons (Fsp3) is 0.286. The lowest BCUT2D eigenvalue weighted by Gasteiger charge is -2.24. The molecule has 3 aromatic rings. The van der Waals surface area contributed by atoms with Gasteiger partial charge in [-0.05, 0) is 49.8 Å². The molecule has 29 heavy (non-hydrogen) atoms. The van der Waals surface area contributed by atoms with Crippen LogP contribution in [0.5, 0.6) is 11.5 Å². The summed E-state index contributed by atoms with van der Waals surface area (Å²) in [6.07, 6.45) is 0. The van der Waals surface area contributed by atoms with E-state index in [1.165, 1.54) is 7.11 Å². The molecule has 152 valence electrons. The summed E-state index contributed by atoms with van der Waals surface area (Å²) in [7, 11) is 3.08. The van der Waals surface area contributed by atoms with E-state index in [9.17, 15) is 4.79 Å². The van der Waals surface area contributed by atoms with Crippen LogP contribution in [-0.2, 0) is 6.54 Å². The lowest BCUT2D eigenvalue weighted by Crippen LogP contribution is -2.35. The predicted molar refractivity (Wildman–Crippen MR) is 119 cm³/mol. The third-order valence-electron chi connectivity index (χ3n) is 4.54. The summed E-state index contributed by atoms with van der Waals surface area (Å²) in [6.45, 7) is 5.05. The molecule has 1 aromatic heterocycles. The fourth-order valence-corrected chi connectivity index (χ4v) is 3.33. The number of ether oxygens (including phenoxy) is 2. The molecular weight excluding hydrogens is 388 g/mol. The number of anilines is 1. The summed E-state index contributed by atoms with van der Waals surface area (Å²) in [5.41, 5.74) is 2.37. The van der Waals surface area contributed by atoms with Crippen LogP contribution < -0.4 is 20.3 Å². The average molecular weight is 413 g/mol. The SMILES string of the molecule is CCN(Cc1nc2cc(OC)c(OC)cc2c(=O)[nH]1)C(=S)Nc1cccc(C)c1. The maximum atomic E-state index is 12.6. The van der Waals surface area contributed by atoms with E-state index in [-0.39, 0.29) is 5.56 Å². The summed E-state index contributed by atoms with van der Waals surface area (Å²) >= 11 is 5.56. The van der Waals surface area contributed by atoms with E-state index in [0.717, 1.165) is 11.3 Å². The maximum Gasteiger partial charge on any atom is 0.258 e. The van der Waals surface area contributed by atoms with E-state index in [0.29, 0.717) is 46.4 Å². The van der Waals surface area contributed by atoms with Gasteiger partial charge in [-0.15, -0.1) is 0 Å². The molecule has 0 aliphatic carbocycles. The predicted octanol–water partition coefficient (Wildman–Crippen LogP) is 3.47. The average Bonchev–Trinajstić information content (AvgIpc) is 2.71. The smallest absolute Gasteiger partial charge is 0.258 e. The van der Waals surface area contributed by atoms with Crippen LogP contribution in [0.1, 0.15) is 18.3 Å². The number of hydrogen-bond donors (Lipinski definition) is 2. The van der Waals surface area contributed by atoms with Crippen molar-refractivity contribution in [2.24, 2.45) is 0 Å². The molecule has 0 aliphatic rings. The maximum absolute atomic E-state index is 12.6. The summed E-state index contributed by atoms with van der Waals surface area (Å²) in [4.78, 5) is 21.9. The Kier molecular flexibility index (Phi) is 6.33. The van der Waals surface area contributed by atoms with Crippen molar-refractivity contribution in [3.05, 3.63) is 58.1 Å². The molecule has 0 radical (unpaired) electrons. The molecule has 0 aliphatic heterocycles. The Balaban J connectivity index is 1.87. The van der Waals surface area contributed by atoms with Crippen LogP contribution in [0.4, 0.5) is 5.69 Å². The second-order valence-electron chi connectivity index (χ2n) is 6.55. The second-order valence-corrected chi connectivity index (χ2v) is 6.94. The molecule has 0 atom stereocenters. The zero-order valence-corrected chi connectivity index (χ0v) is 17.7. The minimum Gasteiger partial charge on any atom is -0.493 e. The van der Waals surface area contributed by atoms with Crippen LogP contribution >= 0.6 is 12.2 Å². The first-order valence-corrected chi connectivity index (χ1v) is 9.63. The van der Waals surface area contributed by atoms with Crippen molar-refractivity contribution in [1.82, 2.24) is 14.9 Å². The molecule has 1 heterocycles. The Labute approximate surface area is 174 Å². The number of methoxy groups -OCH3 is 2. The Morgan fingerprint density at radius 2 is 1.93 bits per heavy atom. The highest BCUT2D eigenvalue weighted by atomic mass is 32.1. The van der Waals surface area contributed by atoms with Crippen LogP contribution in [0, 0.1) is 6.92 Å². The quantitative estimate of drug-likeness (QED) is 0.600. The molecule has 0 spiro atoms. The van der Waals surface area contributed by atoms with Gasteiger partial charge in [0.25, 0.3) is 5.56 Å². The molecule has 2 aromatic carbocycles. The van der Waals surface area contributed by atoms with Gasteiger partial charge in [0.1, 0.15) is 5.82 Å². The van der Waals surface area contributed by atoms with Gasteiger partial charge in [-0.1, -0.05) is 12.1 Å². The number of nitrogens with zero attached hydrogens (tertiary/aromatic N) is 2. The van der Waals surface area contributed by atoms with Gasteiger partial charge in [-0.3, -0.25) is 4.79 Å². The molecular formula is C21H24N4O3S. The first-order chi connectivity index (χ1) is 13.9. The normalized spacial score (nSPS) is 10.6. The zero-order chi connectivity index (χ0) is 21.0. The molecule has 7 nitrogen and oxygen atoms in total. The van der Waals surface area contributed by atoms with Gasteiger partial charge >= 0.3 is 0 Å². The van der Waals surface area contributed by atoms with Crippen molar-refractivity contribution in [3.63, 3.8) is 0 Å². The van der Waals surface area contributed by atoms with Gasteiger partial charge in [-0.2, -0.15) is 0 Å². The topological polar surface area (TPSA) is 79.5 Å². The first-order valence-electron chi connectivity index (χ1n) is 9.22. The lowest BCUT2D eigenvalue weighted by atomic mass is 10.2. The van der Waals surface area contributed by atoms with E-state index in [1.54, 1.807) is 19.2 Å². The van der Waals surface area contributed by atoms with Crippen LogP contribution in [0.15, 0.2) is 41.2 Å². The van der Waals surface area contributed by atoms with Gasteiger partial charge in [0, 0.05) is 18.3 Å². The minimum absolute atomic E-state index is 0.237. The van der Waals surface area contributed by atoms with E-state index in [2.05, 4.69) is 15.3 Å². The Hall–Kier alpha value is -3.13. The number of thiocarbonyl (C=S) groups is 1. The molecule has 0 unspecified atom stereocenters. The van der Waals surface area contributed by atoms with Crippen LogP contribution in [0.3, 0.4) is 0 Å². The lowest BCUT2D eigenvalue weighted by molar-refractivity contribution is 0.355. The number of nitrogens with one attached hydrogen (secondary N) is 2. The highest BCUT2D eigenvalue weighted by molar-refractivity contribution is 7.80. The first kappa shape index (κ1) is 20.6. The van der Waals surface area contributed by atoms with Crippen LogP contribution in [0.25, 0.3) is 10.9 Å². The van der Waals surface area contributed by atoms with Gasteiger partial charge in [-0.25, -0.2) is 4.98 Å². The van der Waals surface area contributed by atoms with Crippen molar-refractivity contribution in [2.45, 2.75) is 20.4 Å². The number of H-pyrrole nitrogens is 1. The number of rotatable bonds is 6. The minimum atomic E-state index is -0.237. The molecule has 0 bridgehead atoms. The molecule has 0 amide bonds. The number of aromatic nitrogens is 2. The zero-order valence-electron chi connectivity index (χ0n) is 16.9. The van der Waals surface area contributed by atoms with Crippen molar-refractivity contribution < 1.29 is 9.47 Å². The number of benzene rings is 2. The second kappa shape index (κ2) is 8.91. The van der Waals surface area contributed by atoms with Crippen LogP contribution in [-0.4, -0.2) is 40.7 Å². The molecule has 0 saturated heterocycles. The Morgan fingerprint density at radius 1 is 1.21 bits per heavy atom. The van der Waals surface area contributed by atoms with Crippen LogP contribution in [0.2, 0.25) is 0 Å². The van der Waals surface area contributed by atoms with Crippen molar-refractivity contribution in [1.29, 1.82) is 0 Å². The molecule has 0 fully saturated rings. The Bertz CT molecular complexity index is 1100. The van der Waals surface area contributed by atoms with Gasteiger partial charge < -0.3 is 24.7 Å². The van der Waals surface area contributed by atoms with E-state index in [1.807, 2.05) is 43.0 Å². The summed E-state index contributed by atoms with van der Waals surface area (Å²) in [5.74, 6) is 1.52.